The molecule has 0 fully saturated rings. The van der Waals surface area contributed by atoms with Crippen LogP contribution in [0.5, 0.6) is 5.75 Å². The molecule has 3 rings (SSSR count). The molecule has 9 nitrogen and oxygen atoms in total. The van der Waals surface area contributed by atoms with Crippen molar-refractivity contribution < 1.29 is 27.5 Å². The number of carbonyl (C=O) groups is 2. The molecular formula is C22H25N3O6S. The Morgan fingerprint density at radius 3 is 2.50 bits per heavy atom. The molecule has 0 radical (unpaired) electrons. The molecule has 32 heavy (non-hydrogen) atoms. The number of nitrogens with one attached hydrogen (secondary N) is 1. The smallest absolute Gasteiger partial charge is 0.331 e. The van der Waals surface area contributed by atoms with Gasteiger partial charge < -0.3 is 14.4 Å². The standard InChI is InChI=1S/C22H25N3O6S/c1-4-30-17-11-9-16(10-12-17)13-25(3)20(26)14-31-22(27)15(2)23-21-18-7-5-6-8-19(18)32(28,29)24-21/h5-12,15H,4,13-14H2,1-3H3,(H,23,24). The number of rotatable bonds is 8. The van der Waals surface area contributed by atoms with Crippen molar-refractivity contribution in [3.8, 4) is 5.75 Å². The minimum absolute atomic E-state index is 0.0731. The van der Waals surface area contributed by atoms with Gasteiger partial charge in [-0.15, -0.1) is 0 Å². The molecule has 1 aliphatic heterocycles. The number of amidine groups is 1. The lowest BCUT2D eigenvalue weighted by molar-refractivity contribution is -0.152. The normalized spacial score (nSPS) is 16.0. The molecule has 1 N–H and O–H groups in total. The zero-order valence-electron chi connectivity index (χ0n) is 18.1. The highest BCUT2D eigenvalue weighted by molar-refractivity contribution is 7.90. The van der Waals surface area contributed by atoms with Crippen LogP contribution in [-0.4, -0.2) is 57.3 Å². The lowest BCUT2D eigenvalue weighted by atomic mass is 10.2. The molecule has 2 aromatic carbocycles. The highest BCUT2D eigenvalue weighted by atomic mass is 32.2. The zero-order valence-corrected chi connectivity index (χ0v) is 18.9. The summed E-state index contributed by atoms with van der Waals surface area (Å²) in [7, 11) is -2.09. The van der Waals surface area contributed by atoms with E-state index in [2.05, 4.69) is 9.71 Å². The highest BCUT2D eigenvalue weighted by Gasteiger charge is 2.31. The number of hydrogen-bond donors (Lipinski definition) is 1. The molecule has 1 atom stereocenters. The van der Waals surface area contributed by atoms with Crippen LogP contribution in [0.3, 0.4) is 0 Å². The molecular weight excluding hydrogens is 434 g/mol. The van der Waals surface area contributed by atoms with Gasteiger partial charge in [-0.1, -0.05) is 24.3 Å². The predicted molar refractivity (Wildman–Crippen MR) is 118 cm³/mol. The van der Waals surface area contributed by atoms with E-state index in [1.807, 2.05) is 31.2 Å². The van der Waals surface area contributed by atoms with Crippen LogP contribution in [0.2, 0.25) is 0 Å². The summed E-state index contributed by atoms with van der Waals surface area (Å²) < 4.78 is 37.1. The molecule has 0 spiro atoms. The first-order chi connectivity index (χ1) is 15.2. The van der Waals surface area contributed by atoms with E-state index < -0.39 is 28.6 Å². The molecule has 0 saturated heterocycles. The van der Waals surface area contributed by atoms with Gasteiger partial charge in [-0.3, -0.25) is 14.5 Å². The summed E-state index contributed by atoms with van der Waals surface area (Å²) in [6.45, 7) is 3.85. The number of aliphatic imine (C=N–C) groups is 1. The van der Waals surface area contributed by atoms with Crippen molar-refractivity contribution >= 4 is 27.7 Å². The number of ether oxygens (including phenoxy) is 2. The molecule has 2 aromatic rings. The maximum absolute atomic E-state index is 12.3. The van der Waals surface area contributed by atoms with Crippen LogP contribution in [0.4, 0.5) is 0 Å². The number of nitrogens with zero attached hydrogens (tertiary/aromatic N) is 2. The molecule has 1 heterocycles. The van der Waals surface area contributed by atoms with Gasteiger partial charge in [0.2, 0.25) is 0 Å². The van der Waals surface area contributed by atoms with Gasteiger partial charge in [0, 0.05) is 19.2 Å². The lowest BCUT2D eigenvalue weighted by Crippen LogP contribution is -2.33. The van der Waals surface area contributed by atoms with Crippen LogP contribution in [0, 0.1) is 0 Å². The van der Waals surface area contributed by atoms with Crippen LogP contribution in [-0.2, 0) is 30.9 Å². The van der Waals surface area contributed by atoms with Crippen molar-refractivity contribution in [2.45, 2.75) is 31.3 Å². The number of carbonyl (C=O) groups excluding carboxylic acids is 2. The Morgan fingerprint density at radius 2 is 1.81 bits per heavy atom. The first kappa shape index (κ1) is 23.3. The summed E-state index contributed by atoms with van der Waals surface area (Å²) in [5.41, 5.74) is 1.29. The van der Waals surface area contributed by atoms with E-state index in [1.165, 1.54) is 17.9 Å². The summed E-state index contributed by atoms with van der Waals surface area (Å²) in [6, 6.07) is 12.7. The summed E-state index contributed by atoms with van der Waals surface area (Å²) in [6.07, 6.45) is 0. The molecule has 0 saturated carbocycles. The van der Waals surface area contributed by atoms with E-state index in [1.54, 1.807) is 25.2 Å². The maximum atomic E-state index is 12.3. The third kappa shape index (κ3) is 5.44. The first-order valence-electron chi connectivity index (χ1n) is 10.0. The number of benzene rings is 2. The van der Waals surface area contributed by atoms with Crippen molar-refractivity contribution in [3.63, 3.8) is 0 Å². The third-order valence-electron chi connectivity index (χ3n) is 4.74. The Hall–Kier alpha value is -3.40. The first-order valence-corrected chi connectivity index (χ1v) is 11.5. The maximum Gasteiger partial charge on any atom is 0.331 e. The quantitative estimate of drug-likeness (QED) is 0.601. The Morgan fingerprint density at radius 1 is 1.12 bits per heavy atom. The molecule has 10 heteroatoms. The number of sulfonamides is 1. The highest BCUT2D eigenvalue weighted by Crippen LogP contribution is 2.22. The van der Waals surface area contributed by atoms with Gasteiger partial charge in [-0.25, -0.2) is 13.2 Å². The number of fused-ring (bicyclic) bond motifs is 1. The molecule has 1 aliphatic rings. The Labute approximate surface area is 187 Å². The topological polar surface area (TPSA) is 114 Å². The number of esters is 1. The molecule has 0 bridgehead atoms. The summed E-state index contributed by atoms with van der Waals surface area (Å²) in [5.74, 6) is -0.283. The Balaban J connectivity index is 1.54. The second-order valence-corrected chi connectivity index (χ2v) is 8.84. The van der Waals surface area contributed by atoms with E-state index in [4.69, 9.17) is 9.47 Å². The van der Waals surface area contributed by atoms with E-state index in [-0.39, 0.29) is 16.6 Å². The van der Waals surface area contributed by atoms with Crippen molar-refractivity contribution in [1.29, 1.82) is 0 Å². The predicted octanol–water partition coefficient (Wildman–Crippen LogP) is 1.71. The third-order valence-corrected chi connectivity index (χ3v) is 6.14. The van der Waals surface area contributed by atoms with Crippen molar-refractivity contribution in [2.75, 3.05) is 20.3 Å². The Kier molecular flexibility index (Phi) is 7.14. The number of hydrogen-bond acceptors (Lipinski definition) is 7. The molecule has 0 aromatic heterocycles. The minimum atomic E-state index is -3.70. The van der Waals surface area contributed by atoms with Gasteiger partial charge in [0.1, 0.15) is 17.6 Å². The monoisotopic (exact) mass is 459 g/mol. The minimum Gasteiger partial charge on any atom is -0.494 e. The van der Waals surface area contributed by atoms with Gasteiger partial charge in [0.05, 0.1) is 11.5 Å². The fourth-order valence-corrected chi connectivity index (χ4v) is 4.30. The van der Waals surface area contributed by atoms with E-state index in [0.29, 0.717) is 18.7 Å². The van der Waals surface area contributed by atoms with Crippen LogP contribution in [0.25, 0.3) is 0 Å². The van der Waals surface area contributed by atoms with Gasteiger partial charge in [0.15, 0.2) is 6.61 Å². The van der Waals surface area contributed by atoms with Crippen molar-refractivity contribution in [2.24, 2.45) is 4.99 Å². The average Bonchev–Trinajstić information content (AvgIpc) is 3.03. The van der Waals surface area contributed by atoms with Gasteiger partial charge >= 0.3 is 5.97 Å². The SMILES string of the molecule is CCOc1ccc(CN(C)C(=O)COC(=O)C(C)N=C2NS(=O)(=O)c3ccccc32)cc1. The number of likely N-dealkylation sites (N-methyl/N-ethyl adjacent to an activating group) is 1. The molecule has 1 unspecified atom stereocenters. The summed E-state index contributed by atoms with van der Waals surface area (Å²) >= 11 is 0. The van der Waals surface area contributed by atoms with E-state index in [9.17, 15) is 18.0 Å². The van der Waals surface area contributed by atoms with Crippen LogP contribution in [0.15, 0.2) is 58.4 Å². The van der Waals surface area contributed by atoms with Crippen LogP contribution in [0.1, 0.15) is 25.0 Å². The average molecular weight is 460 g/mol. The van der Waals surface area contributed by atoms with E-state index >= 15 is 0 Å². The number of amides is 1. The van der Waals surface area contributed by atoms with E-state index in [0.717, 1.165) is 11.3 Å². The second kappa shape index (κ2) is 9.82. The largest absolute Gasteiger partial charge is 0.494 e. The summed E-state index contributed by atoms with van der Waals surface area (Å²) in [5, 5.41) is 0. The lowest BCUT2D eigenvalue weighted by Gasteiger charge is -2.18. The molecule has 1 amide bonds. The molecule has 170 valence electrons. The second-order valence-electron chi connectivity index (χ2n) is 7.19. The fraction of sp³-hybridized carbons (Fsp3) is 0.318. The van der Waals surface area contributed by atoms with Crippen molar-refractivity contribution in [1.82, 2.24) is 9.62 Å². The summed E-state index contributed by atoms with van der Waals surface area (Å²) in [4.78, 5) is 30.3. The Bertz CT molecular complexity index is 1130. The van der Waals surface area contributed by atoms with Crippen molar-refractivity contribution in [3.05, 3.63) is 59.7 Å². The van der Waals surface area contributed by atoms with Crippen LogP contribution < -0.4 is 9.46 Å². The molecule has 0 aliphatic carbocycles. The van der Waals surface area contributed by atoms with Gasteiger partial charge in [-0.05, 0) is 43.7 Å². The zero-order chi connectivity index (χ0) is 23.3. The van der Waals surface area contributed by atoms with Crippen LogP contribution >= 0.6 is 0 Å². The van der Waals surface area contributed by atoms with Gasteiger partial charge in [-0.2, -0.15) is 0 Å². The fourth-order valence-electron chi connectivity index (χ4n) is 3.06. The van der Waals surface area contributed by atoms with Gasteiger partial charge in [0.25, 0.3) is 15.9 Å².